The molecule has 0 aliphatic heterocycles. The Hall–Kier alpha value is -0.340. The van der Waals surface area contributed by atoms with Crippen LogP contribution in [0.25, 0.3) is 0 Å². The van der Waals surface area contributed by atoms with Gasteiger partial charge in [0.1, 0.15) is 0 Å². The summed E-state index contributed by atoms with van der Waals surface area (Å²) in [6.07, 6.45) is 11.2. The van der Waals surface area contributed by atoms with Gasteiger partial charge >= 0.3 is 0 Å². The van der Waals surface area contributed by atoms with Crippen molar-refractivity contribution in [3.8, 4) is 0 Å². The number of rotatable bonds is 0. The lowest BCUT2D eigenvalue weighted by molar-refractivity contribution is -0.0761. The molecule has 4 aliphatic carbocycles. The zero-order valence-electron chi connectivity index (χ0n) is 13.5. The van der Waals surface area contributed by atoms with E-state index in [0.29, 0.717) is 5.41 Å². The standard InChI is InChI=1S/C19H30O2/c1-18-9-7-13(20)11-12(18)3-4-14-15-5-6-17(21)19(15,2)10-8-16(14)18/h11,13-17,20-21H,3-10H2,1-2H3/t13-,14+,15+,16+,17-,18-,19+/m0/s1. The third-order valence-corrected chi connectivity index (χ3v) is 8.04. The molecule has 3 fully saturated rings. The summed E-state index contributed by atoms with van der Waals surface area (Å²) in [7, 11) is 0. The summed E-state index contributed by atoms with van der Waals surface area (Å²) in [6.45, 7) is 4.82. The van der Waals surface area contributed by atoms with Crippen LogP contribution in [0.3, 0.4) is 0 Å². The Balaban J connectivity index is 1.67. The summed E-state index contributed by atoms with van der Waals surface area (Å²) in [5.41, 5.74) is 2.06. The molecule has 2 N–H and O–H groups in total. The van der Waals surface area contributed by atoms with Gasteiger partial charge in [0.05, 0.1) is 12.2 Å². The monoisotopic (exact) mass is 290 g/mol. The average molecular weight is 290 g/mol. The molecular formula is C19H30O2. The third-order valence-electron chi connectivity index (χ3n) is 8.04. The van der Waals surface area contributed by atoms with Gasteiger partial charge in [-0.15, -0.1) is 0 Å². The number of hydrogen-bond donors (Lipinski definition) is 2. The van der Waals surface area contributed by atoms with E-state index in [0.717, 1.165) is 37.0 Å². The normalized spacial score (nSPS) is 56.2. The van der Waals surface area contributed by atoms with Crippen LogP contribution >= 0.6 is 0 Å². The Morgan fingerprint density at radius 1 is 0.952 bits per heavy atom. The molecule has 0 radical (unpaired) electrons. The Morgan fingerprint density at radius 3 is 2.57 bits per heavy atom. The fourth-order valence-electron chi connectivity index (χ4n) is 6.68. The van der Waals surface area contributed by atoms with Crippen molar-refractivity contribution in [3.63, 3.8) is 0 Å². The molecule has 2 heteroatoms. The topological polar surface area (TPSA) is 40.5 Å². The molecule has 2 nitrogen and oxygen atoms in total. The molecule has 21 heavy (non-hydrogen) atoms. The van der Waals surface area contributed by atoms with Crippen molar-refractivity contribution in [2.75, 3.05) is 0 Å². The molecule has 3 saturated carbocycles. The number of aliphatic hydroxyl groups excluding tert-OH is 2. The van der Waals surface area contributed by atoms with E-state index >= 15 is 0 Å². The fraction of sp³-hybridized carbons (Fsp3) is 0.895. The van der Waals surface area contributed by atoms with Gasteiger partial charge in [-0.05, 0) is 80.0 Å². The van der Waals surface area contributed by atoms with Crippen LogP contribution in [0, 0.1) is 28.6 Å². The maximum atomic E-state index is 10.5. The zero-order chi connectivity index (χ0) is 14.8. The Kier molecular flexibility index (Phi) is 3.11. The molecule has 0 heterocycles. The van der Waals surface area contributed by atoms with Crippen molar-refractivity contribution in [1.29, 1.82) is 0 Å². The Morgan fingerprint density at radius 2 is 1.76 bits per heavy atom. The molecule has 0 aromatic rings. The smallest absolute Gasteiger partial charge is 0.0724 e. The van der Waals surface area contributed by atoms with Crippen LogP contribution < -0.4 is 0 Å². The number of allylic oxidation sites excluding steroid dienone is 1. The van der Waals surface area contributed by atoms with Crippen molar-refractivity contribution >= 4 is 0 Å². The van der Waals surface area contributed by atoms with Gasteiger partial charge in [-0.1, -0.05) is 25.5 Å². The SMILES string of the molecule is C[C@@]12CC[C@@H]3[C@H](CCC4=C[C@@H](O)CC[C@@]43C)[C@H]1CC[C@@H]2O. The summed E-state index contributed by atoms with van der Waals surface area (Å²) in [5.74, 6) is 2.32. The van der Waals surface area contributed by atoms with Crippen LogP contribution in [0.15, 0.2) is 11.6 Å². The number of hydrogen-bond acceptors (Lipinski definition) is 2. The summed E-state index contributed by atoms with van der Waals surface area (Å²) < 4.78 is 0. The van der Waals surface area contributed by atoms with Crippen molar-refractivity contribution in [3.05, 3.63) is 11.6 Å². The third kappa shape index (κ3) is 1.84. The lowest BCUT2D eigenvalue weighted by Gasteiger charge is -2.58. The highest BCUT2D eigenvalue weighted by Crippen LogP contribution is 2.65. The Labute approximate surface area is 128 Å². The van der Waals surface area contributed by atoms with E-state index in [1.807, 2.05) is 0 Å². The van der Waals surface area contributed by atoms with Crippen LogP contribution in [0.1, 0.15) is 65.2 Å². The molecule has 0 saturated heterocycles. The van der Waals surface area contributed by atoms with Crippen molar-refractivity contribution in [2.45, 2.75) is 77.4 Å². The Bertz CT molecular complexity index is 470. The predicted octanol–water partition coefficient (Wildman–Crippen LogP) is 3.67. The molecule has 118 valence electrons. The molecule has 0 unspecified atom stereocenters. The first-order valence-corrected chi connectivity index (χ1v) is 9.02. The summed E-state index contributed by atoms with van der Waals surface area (Å²) in [4.78, 5) is 0. The maximum Gasteiger partial charge on any atom is 0.0724 e. The van der Waals surface area contributed by atoms with E-state index in [-0.39, 0.29) is 17.6 Å². The van der Waals surface area contributed by atoms with E-state index in [4.69, 9.17) is 0 Å². The lowest BCUT2D eigenvalue weighted by Crippen LogP contribution is -2.51. The van der Waals surface area contributed by atoms with Crippen molar-refractivity contribution < 1.29 is 10.2 Å². The highest BCUT2D eigenvalue weighted by atomic mass is 16.3. The highest BCUT2D eigenvalue weighted by molar-refractivity contribution is 5.25. The zero-order valence-corrected chi connectivity index (χ0v) is 13.5. The minimum atomic E-state index is -0.202. The van der Waals surface area contributed by atoms with Gasteiger partial charge in [-0.3, -0.25) is 0 Å². The molecule has 0 aromatic heterocycles. The summed E-state index contributed by atoms with van der Waals surface area (Å²) in [6, 6.07) is 0. The van der Waals surface area contributed by atoms with Gasteiger partial charge in [0.2, 0.25) is 0 Å². The molecular weight excluding hydrogens is 260 g/mol. The summed E-state index contributed by atoms with van der Waals surface area (Å²) in [5, 5.41) is 20.4. The second-order valence-electron chi connectivity index (χ2n) is 8.77. The molecule has 4 rings (SSSR count). The molecule has 4 aliphatic rings. The van der Waals surface area contributed by atoms with Crippen molar-refractivity contribution in [1.82, 2.24) is 0 Å². The second-order valence-corrected chi connectivity index (χ2v) is 8.77. The van der Waals surface area contributed by atoms with E-state index in [1.165, 1.54) is 32.1 Å². The van der Waals surface area contributed by atoms with E-state index < -0.39 is 0 Å². The van der Waals surface area contributed by atoms with E-state index in [9.17, 15) is 10.2 Å². The first-order valence-electron chi connectivity index (χ1n) is 9.02. The van der Waals surface area contributed by atoms with Crippen LogP contribution in [0.4, 0.5) is 0 Å². The molecule has 0 amide bonds. The van der Waals surface area contributed by atoms with Crippen LogP contribution in [0.2, 0.25) is 0 Å². The second kappa shape index (κ2) is 4.58. The molecule has 0 bridgehead atoms. The van der Waals surface area contributed by atoms with E-state index in [2.05, 4.69) is 19.9 Å². The van der Waals surface area contributed by atoms with Crippen LogP contribution in [0.5, 0.6) is 0 Å². The predicted molar refractivity (Wildman–Crippen MR) is 83.7 cm³/mol. The van der Waals surface area contributed by atoms with Crippen molar-refractivity contribution in [2.24, 2.45) is 28.6 Å². The molecule has 0 spiro atoms. The van der Waals surface area contributed by atoms with Crippen LogP contribution in [-0.2, 0) is 0 Å². The molecule has 7 atom stereocenters. The summed E-state index contributed by atoms with van der Waals surface area (Å²) >= 11 is 0. The lowest BCUT2D eigenvalue weighted by atomic mass is 9.47. The van der Waals surface area contributed by atoms with Gasteiger partial charge in [0.25, 0.3) is 0 Å². The fourth-order valence-corrected chi connectivity index (χ4v) is 6.68. The minimum absolute atomic E-state index is 0.0682. The number of fused-ring (bicyclic) bond motifs is 5. The first kappa shape index (κ1) is 14.3. The van der Waals surface area contributed by atoms with Gasteiger partial charge in [0.15, 0.2) is 0 Å². The quantitative estimate of drug-likeness (QED) is 0.668. The maximum absolute atomic E-state index is 10.5. The average Bonchev–Trinajstić information content (AvgIpc) is 2.76. The molecule has 0 aromatic carbocycles. The minimum Gasteiger partial charge on any atom is -0.393 e. The number of aliphatic hydroxyl groups is 2. The van der Waals surface area contributed by atoms with Gasteiger partial charge in [0, 0.05) is 0 Å². The highest BCUT2D eigenvalue weighted by Gasteiger charge is 2.58. The van der Waals surface area contributed by atoms with E-state index in [1.54, 1.807) is 5.57 Å². The van der Waals surface area contributed by atoms with Gasteiger partial charge in [-0.25, -0.2) is 0 Å². The first-order chi connectivity index (χ1) is 9.95. The van der Waals surface area contributed by atoms with Gasteiger partial charge < -0.3 is 10.2 Å². The van der Waals surface area contributed by atoms with Crippen LogP contribution in [-0.4, -0.2) is 22.4 Å². The largest absolute Gasteiger partial charge is 0.393 e. The van der Waals surface area contributed by atoms with Gasteiger partial charge in [-0.2, -0.15) is 0 Å².